The minimum absolute atomic E-state index is 0.0195. The van der Waals surface area contributed by atoms with Gasteiger partial charge in [0.05, 0.1) is 20.4 Å². The molecule has 0 atom stereocenters. The Hall–Kier alpha value is -2.60. The number of nitro groups is 1. The first-order valence-electron chi connectivity index (χ1n) is 9.38. The number of rotatable bonds is 7. The summed E-state index contributed by atoms with van der Waals surface area (Å²) in [5, 5.41) is 13.7. The van der Waals surface area contributed by atoms with Crippen molar-refractivity contribution in [3.8, 4) is 0 Å². The number of hydrogen-bond donors (Lipinski definition) is 1. The van der Waals surface area contributed by atoms with Crippen LogP contribution in [0.25, 0.3) is 0 Å². The Bertz CT molecular complexity index is 1070. The van der Waals surface area contributed by atoms with Gasteiger partial charge >= 0.3 is 0 Å². The zero-order chi connectivity index (χ0) is 22.6. The minimum Gasteiger partial charge on any atom is -0.351 e. The number of halogens is 2. The predicted molar refractivity (Wildman–Crippen MR) is 112 cm³/mol. The predicted octanol–water partition coefficient (Wildman–Crippen LogP) is 2.12. The second kappa shape index (κ2) is 9.69. The molecule has 0 aromatic heterocycles. The number of hydrogen-bond acceptors (Lipinski definition) is 6. The maximum atomic E-state index is 13.0. The van der Waals surface area contributed by atoms with Crippen LogP contribution in [0, 0.1) is 15.9 Å². The third-order valence-corrected chi connectivity index (χ3v) is 7.14. The van der Waals surface area contributed by atoms with E-state index in [2.05, 4.69) is 5.32 Å². The van der Waals surface area contributed by atoms with E-state index in [0.29, 0.717) is 19.6 Å². The summed E-state index contributed by atoms with van der Waals surface area (Å²) in [5.74, 6) is -1.02. The second-order valence-corrected chi connectivity index (χ2v) is 9.22. The average molecular weight is 471 g/mol. The second-order valence-electron chi connectivity index (χ2n) is 6.88. The van der Waals surface area contributed by atoms with Crippen LogP contribution in [0.4, 0.5) is 10.1 Å². The van der Waals surface area contributed by atoms with Gasteiger partial charge in [-0.2, -0.15) is 4.31 Å². The summed E-state index contributed by atoms with van der Waals surface area (Å²) in [6.07, 6.45) is 0. The molecule has 12 heteroatoms. The molecule has 3 rings (SSSR count). The summed E-state index contributed by atoms with van der Waals surface area (Å²) in [6.45, 7) is 2.21. The summed E-state index contributed by atoms with van der Waals surface area (Å²) >= 11 is 5.96. The number of piperazine rings is 1. The summed E-state index contributed by atoms with van der Waals surface area (Å²) in [5.41, 5.74) is -0.209. The Kier molecular flexibility index (Phi) is 7.21. The fourth-order valence-electron chi connectivity index (χ4n) is 3.17. The Labute approximate surface area is 183 Å². The molecule has 0 unspecified atom stereocenters. The Morgan fingerprint density at radius 1 is 1.13 bits per heavy atom. The van der Waals surface area contributed by atoms with E-state index in [1.807, 2.05) is 4.90 Å². The first-order chi connectivity index (χ1) is 14.7. The molecule has 166 valence electrons. The molecule has 0 spiro atoms. The maximum Gasteiger partial charge on any atom is 0.270 e. The molecule has 1 heterocycles. The zero-order valence-electron chi connectivity index (χ0n) is 16.3. The molecular formula is C19H20ClFN4O5S. The van der Waals surface area contributed by atoms with Crippen LogP contribution in [0.1, 0.15) is 10.4 Å². The van der Waals surface area contributed by atoms with Gasteiger partial charge in [-0.1, -0.05) is 11.6 Å². The Morgan fingerprint density at radius 3 is 2.39 bits per heavy atom. The van der Waals surface area contributed by atoms with Gasteiger partial charge in [0.15, 0.2) is 0 Å². The lowest BCUT2D eigenvalue weighted by Gasteiger charge is -2.33. The van der Waals surface area contributed by atoms with Crippen LogP contribution in [0.5, 0.6) is 0 Å². The van der Waals surface area contributed by atoms with Crippen molar-refractivity contribution in [2.45, 2.75) is 4.90 Å². The molecule has 0 bridgehead atoms. The van der Waals surface area contributed by atoms with Crippen LogP contribution in [0.15, 0.2) is 47.4 Å². The standard InChI is InChI=1S/C19H20ClFN4O5S/c20-18-6-3-15(25(27)28)13-17(18)19(26)22-7-8-23-9-11-24(12-10-23)31(29,30)16-4-1-14(21)2-5-16/h1-6,13H,7-12H2,(H,22,26). The molecule has 31 heavy (non-hydrogen) atoms. The zero-order valence-corrected chi connectivity index (χ0v) is 17.9. The highest BCUT2D eigenvalue weighted by atomic mass is 35.5. The van der Waals surface area contributed by atoms with Crippen molar-refractivity contribution in [1.29, 1.82) is 0 Å². The topological polar surface area (TPSA) is 113 Å². The number of non-ortho nitro benzene ring substituents is 1. The smallest absolute Gasteiger partial charge is 0.270 e. The maximum absolute atomic E-state index is 13.0. The SMILES string of the molecule is O=C(NCCN1CCN(S(=O)(=O)c2ccc(F)cc2)CC1)c1cc([N+](=O)[O-])ccc1Cl. The van der Waals surface area contributed by atoms with Crippen LogP contribution >= 0.6 is 11.6 Å². The Balaban J connectivity index is 1.50. The van der Waals surface area contributed by atoms with E-state index >= 15 is 0 Å². The van der Waals surface area contributed by atoms with Gasteiger partial charge in [0, 0.05) is 51.4 Å². The number of nitrogens with one attached hydrogen (secondary N) is 1. The molecule has 0 saturated carbocycles. The van der Waals surface area contributed by atoms with E-state index < -0.39 is 26.7 Å². The van der Waals surface area contributed by atoms with Crippen molar-refractivity contribution in [2.24, 2.45) is 0 Å². The molecule has 1 saturated heterocycles. The van der Waals surface area contributed by atoms with Gasteiger partial charge in [-0.15, -0.1) is 0 Å². The van der Waals surface area contributed by atoms with E-state index in [9.17, 15) is 27.7 Å². The van der Waals surface area contributed by atoms with Crippen molar-refractivity contribution < 1.29 is 22.5 Å². The molecule has 1 amide bonds. The van der Waals surface area contributed by atoms with Crippen molar-refractivity contribution in [3.05, 3.63) is 69.0 Å². The largest absolute Gasteiger partial charge is 0.351 e. The number of carbonyl (C=O) groups is 1. The van der Waals surface area contributed by atoms with Gasteiger partial charge in [-0.25, -0.2) is 12.8 Å². The fraction of sp³-hybridized carbons (Fsp3) is 0.316. The molecular weight excluding hydrogens is 451 g/mol. The van der Waals surface area contributed by atoms with Crippen molar-refractivity contribution in [3.63, 3.8) is 0 Å². The molecule has 0 aliphatic carbocycles. The van der Waals surface area contributed by atoms with Gasteiger partial charge in [-0.3, -0.25) is 19.8 Å². The molecule has 1 aliphatic heterocycles. The Morgan fingerprint density at radius 2 is 1.77 bits per heavy atom. The third kappa shape index (κ3) is 5.56. The molecule has 1 fully saturated rings. The van der Waals surface area contributed by atoms with Gasteiger partial charge in [0.2, 0.25) is 10.0 Å². The van der Waals surface area contributed by atoms with E-state index in [-0.39, 0.29) is 40.8 Å². The number of nitrogens with zero attached hydrogens (tertiary/aromatic N) is 3. The molecule has 9 nitrogen and oxygen atoms in total. The molecule has 0 radical (unpaired) electrons. The van der Waals surface area contributed by atoms with E-state index in [1.54, 1.807) is 0 Å². The number of nitro benzene ring substituents is 1. The minimum atomic E-state index is -3.69. The van der Waals surface area contributed by atoms with Crippen LogP contribution in [0.2, 0.25) is 5.02 Å². The lowest BCUT2D eigenvalue weighted by atomic mass is 10.2. The highest BCUT2D eigenvalue weighted by Crippen LogP contribution is 2.22. The quantitative estimate of drug-likeness (QED) is 0.490. The van der Waals surface area contributed by atoms with Crippen molar-refractivity contribution >= 4 is 33.2 Å². The van der Waals surface area contributed by atoms with Gasteiger partial charge < -0.3 is 5.32 Å². The number of benzene rings is 2. The van der Waals surface area contributed by atoms with Crippen molar-refractivity contribution in [1.82, 2.24) is 14.5 Å². The van der Waals surface area contributed by atoms with Gasteiger partial charge in [0.1, 0.15) is 5.82 Å². The molecule has 1 N–H and O–H groups in total. The summed E-state index contributed by atoms with van der Waals surface area (Å²) in [4.78, 5) is 24.6. The van der Waals surface area contributed by atoms with Gasteiger partial charge in [-0.05, 0) is 30.3 Å². The molecule has 1 aliphatic rings. The van der Waals surface area contributed by atoms with Crippen LogP contribution in [-0.2, 0) is 10.0 Å². The first kappa shape index (κ1) is 23.1. The normalized spacial score (nSPS) is 15.5. The highest BCUT2D eigenvalue weighted by molar-refractivity contribution is 7.89. The summed E-state index contributed by atoms with van der Waals surface area (Å²) < 4.78 is 39.7. The lowest BCUT2D eigenvalue weighted by Crippen LogP contribution is -2.50. The van der Waals surface area contributed by atoms with Crippen LogP contribution < -0.4 is 5.32 Å². The first-order valence-corrected chi connectivity index (χ1v) is 11.2. The van der Waals surface area contributed by atoms with Crippen molar-refractivity contribution in [2.75, 3.05) is 39.3 Å². The number of sulfonamides is 1. The van der Waals surface area contributed by atoms with E-state index in [0.717, 1.165) is 18.2 Å². The molecule has 2 aromatic carbocycles. The van der Waals surface area contributed by atoms with Gasteiger partial charge in [0.25, 0.3) is 11.6 Å². The highest BCUT2D eigenvalue weighted by Gasteiger charge is 2.28. The van der Waals surface area contributed by atoms with Crippen LogP contribution in [-0.4, -0.2) is 67.7 Å². The summed E-state index contributed by atoms with van der Waals surface area (Å²) in [6, 6.07) is 8.35. The summed E-state index contributed by atoms with van der Waals surface area (Å²) in [7, 11) is -3.69. The third-order valence-electron chi connectivity index (χ3n) is 4.90. The number of carbonyl (C=O) groups excluding carboxylic acids is 1. The average Bonchev–Trinajstić information content (AvgIpc) is 2.74. The molecule has 2 aromatic rings. The fourth-order valence-corrected chi connectivity index (χ4v) is 4.80. The van der Waals surface area contributed by atoms with Crippen LogP contribution in [0.3, 0.4) is 0 Å². The lowest BCUT2D eigenvalue weighted by molar-refractivity contribution is -0.384. The van der Waals surface area contributed by atoms with E-state index in [1.165, 1.54) is 28.6 Å². The van der Waals surface area contributed by atoms with E-state index in [4.69, 9.17) is 11.6 Å². The number of amides is 1. The monoisotopic (exact) mass is 470 g/mol.